The topological polar surface area (TPSA) is 18.5 Å². The van der Waals surface area contributed by atoms with Gasteiger partial charge in [-0.2, -0.15) is 0 Å². The molecule has 0 aromatic heterocycles. The normalized spacial score (nSPS) is 8.74. The summed E-state index contributed by atoms with van der Waals surface area (Å²) in [4.78, 5) is 0. The number of benzene rings is 2. The van der Waals surface area contributed by atoms with E-state index in [2.05, 4.69) is 0 Å². The van der Waals surface area contributed by atoms with Gasteiger partial charge in [-0.05, 0) is 0 Å². The number of hydrogen-bond donors (Lipinski definition) is 0. The molecule has 2 aromatic carbocycles. The maximum atomic E-state index is 5.77. The minimum absolute atomic E-state index is 0. The van der Waals surface area contributed by atoms with Gasteiger partial charge in [-0.3, -0.25) is 0 Å². The van der Waals surface area contributed by atoms with E-state index >= 15 is 0 Å². The Morgan fingerprint density at radius 1 is 0.684 bits per heavy atom. The van der Waals surface area contributed by atoms with Gasteiger partial charge in [0.05, 0.1) is 0 Å². The molecule has 0 saturated carbocycles. The van der Waals surface area contributed by atoms with Crippen molar-refractivity contribution in [2.75, 3.05) is 0 Å². The van der Waals surface area contributed by atoms with Crippen LogP contribution in [-0.4, -0.2) is 0 Å². The predicted octanol–water partition coefficient (Wildman–Crippen LogP) is 4.83. The molecule has 5 heteroatoms. The summed E-state index contributed by atoms with van der Waals surface area (Å²) in [6, 6.07) is 16.1. The molecule has 0 aliphatic rings. The SMILES string of the molecule is Br.Br.Cc1ccccc1[O][Hf][O]c1ccccc1C. The molecule has 0 bridgehead atoms. The van der Waals surface area contributed by atoms with Gasteiger partial charge in [0.15, 0.2) is 0 Å². The Hall–Kier alpha value is -0.130. The average Bonchev–Trinajstić information content (AvgIpc) is 2.34. The molecule has 0 fully saturated rings. The van der Waals surface area contributed by atoms with Crippen molar-refractivity contribution in [2.45, 2.75) is 13.8 Å². The van der Waals surface area contributed by atoms with Crippen LogP contribution in [0.25, 0.3) is 0 Å². The summed E-state index contributed by atoms with van der Waals surface area (Å²) < 4.78 is 11.5. The van der Waals surface area contributed by atoms with Gasteiger partial charge in [0.2, 0.25) is 0 Å². The van der Waals surface area contributed by atoms with Crippen LogP contribution in [0.1, 0.15) is 11.1 Å². The number of rotatable bonds is 4. The Bertz CT molecular complexity index is 461. The summed E-state index contributed by atoms with van der Waals surface area (Å²) in [6.07, 6.45) is 0. The molecule has 19 heavy (non-hydrogen) atoms. The third-order valence-corrected chi connectivity index (χ3v) is 4.67. The van der Waals surface area contributed by atoms with Crippen LogP contribution < -0.4 is 5.71 Å². The second-order valence-electron chi connectivity index (χ2n) is 3.82. The number of hydrogen-bond acceptors (Lipinski definition) is 2. The summed E-state index contributed by atoms with van der Waals surface area (Å²) in [5, 5.41) is 0. The Kier molecular flexibility index (Phi) is 9.66. The fourth-order valence-corrected chi connectivity index (χ4v) is 3.89. The van der Waals surface area contributed by atoms with E-state index in [4.69, 9.17) is 5.71 Å². The Morgan fingerprint density at radius 3 is 1.42 bits per heavy atom. The van der Waals surface area contributed by atoms with Crippen LogP contribution in [0.5, 0.6) is 11.5 Å². The van der Waals surface area contributed by atoms with Gasteiger partial charge in [0.1, 0.15) is 0 Å². The Morgan fingerprint density at radius 2 is 1.05 bits per heavy atom. The van der Waals surface area contributed by atoms with Crippen LogP contribution in [0.2, 0.25) is 0 Å². The molecular formula is C14H16Br2HfO2. The van der Waals surface area contributed by atoms with E-state index < -0.39 is 23.8 Å². The van der Waals surface area contributed by atoms with Crippen LogP contribution in [0.15, 0.2) is 48.5 Å². The first kappa shape index (κ1) is 18.9. The van der Waals surface area contributed by atoms with Crippen molar-refractivity contribution in [3.05, 3.63) is 59.7 Å². The molecule has 0 amide bonds. The van der Waals surface area contributed by atoms with E-state index in [1.54, 1.807) is 0 Å². The number of para-hydroxylation sites is 2. The third-order valence-electron chi connectivity index (χ3n) is 2.49. The zero-order valence-corrected chi connectivity index (χ0v) is 17.8. The van der Waals surface area contributed by atoms with Crippen molar-refractivity contribution in [2.24, 2.45) is 0 Å². The fourth-order valence-electron chi connectivity index (χ4n) is 1.45. The van der Waals surface area contributed by atoms with Crippen LogP contribution in [0.3, 0.4) is 0 Å². The molecule has 0 spiro atoms. The zero-order valence-electron chi connectivity index (χ0n) is 10.8. The quantitative estimate of drug-likeness (QED) is 0.505. The van der Waals surface area contributed by atoms with Crippen LogP contribution in [0.4, 0.5) is 0 Å². The summed E-state index contributed by atoms with van der Waals surface area (Å²) in [7, 11) is 0. The average molecular weight is 555 g/mol. The van der Waals surface area contributed by atoms with Gasteiger partial charge in [-0.1, -0.05) is 0 Å². The maximum absolute atomic E-state index is 5.77. The first-order chi connectivity index (χ1) is 8.27. The molecule has 0 aliphatic heterocycles. The molecule has 2 nitrogen and oxygen atoms in total. The van der Waals surface area contributed by atoms with Crippen molar-refractivity contribution < 1.29 is 29.5 Å². The van der Waals surface area contributed by atoms with E-state index in [1.807, 2.05) is 62.4 Å². The first-order valence-electron chi connectivity index (χ1n) is 5.47. The van der Waals surface area contributed by atoms with Gasteiger partial charge >= 0.3 is 114 Å². The molecule has 2 aromatic rings. The van der Waals surface area contributed by atoms with Crippen molar-refractivity contribution >= 4 is 34.0 Å². The summed E-state index contributed by atoms with van der Waals surface area (Å²) in [6.45, 7) is 4.10. The van der Waals surface area contributed by atoms with Gasteiger partial charge in [0, 0.05) is 0 Å². The van der Waals surface area contributed by atoms with Crippen LogP contribution in [-0.2, 0) is 23.8 Å². The Balaban J connectivity index is 0.00000162. The molecule has 0 N–H and O–H groups in total. The van der Waals surface area contributed by atoms with Crippen molar-refractivity contribution in [3.8, 4) is 11.5 Å². The van der Waals surface area contributed by atoms with E-state index in [0.29, 0.717) is 0 Å². The fraction of sp³-hybridized carbons (Fsp3) is 0.143. The molecule has 0 unspecified atom stereocenters. The predicted molar refractivity (Wildman–Crippen MR) is 84.3 cm³/mol. The van der Waals surface area contributed by atoms with Gasteiger partial charge in [0.25, 0.3) is 0 Å². The standard InChI is InChI=1S/2C7H8O.2BrH.Hf/c2*1-6-4-2-3-5-7(6)8;;;/h2*2-5,8H,1H3;2*1H;/q;;;;+2/p-2. The molecule has 0 aliphatic carbocycles. The molecule has 0 radical (unpaired) electrons. The van der Waals surface area contributed by atoms with Gasteiger partial charge in [-0.15, -0.1) is 34.0 Å². The van der Waals surface area contributed by atoms with E-state index in [1.165, 1.54) is 0 Å². The third kappa shape index (κ3) is 5.79. The summed E-state index contributed by atoms with van der Waals surface area (Å²) in [5.74, 6) is 1.90. The summed E-state index contributed by atoms with van der Waals surface area (Å²) in [5.41, 5.74) is 2.32. The van der Waals surface area contributed by atoms with Crippen molar-refractivity contribution in [1.82, 2.24) is 0 Å². The van der Waals surface area contributed by atoms with Gasteiger partial charge in [-0.25, -0.2) is 0 Å². The van der Waals surface area contributed by atoms with Crippen molar-refractivity contribution in [3.63, 3.8) is 0 Å². The molecule has 0 saturated heterocycles. The van der Waals surface area contributed by atoms with E-state index in [0.717, 1.165) is 22.6 Å². The molecular weight excluding hydrogens is 538 g/mol. The Labute approximate surface area is 147 Å². The molecule has 2 rings (SSSR count). The minimum atomic E-state index is -1.53. The first-order valence-corrected chi connectivity index (χ1v) is 8.40. The van der Waals surface area contributed by atoms with Crippen molar-refractivity contribution in [1.29, 1.82) is 0 Å². The number of aryl methyl sites for hydroxylation is 2. The van der Waals surface area contributed by atoms with Gasteiger partial charge < -0.3 is 0 Å². The second-order valence-corrected chi connectivity index (χ2v) is 5.88. The van der Waals surface area contributed by atoms with Crippen LogP contribution in [0, 0.1) is 13.8 Å². The zero-order chi connectivity index (χ0) is 12.1. The number of halogens is 2. The van der Waals surface area contributed by atoms with E-state index in [9.17, 15) is 0 Å². The van der Waals surface area contributed by atoms with Crippen LogP contribution >= 0.6 is 34.0 Å². The summed E-state index contributed by atoms with van der Waals surface area (Å²) >= 11 is -1.53. The molecule has 0 atom stereocenters. The second kappa shape index (κ2) is 9.72. The monoisotopic (exact) mass is 554 g/mol. The van der Waals surface area contributed by atoms with E-state index in [-0.39, 0.29) is 34.0 Å². The molecule has 0 heterocycles. The molecule has 102 valence electrons.